The van der Waals surface area contributed by atoms with Gasteiger partial charge in [-0.15, -0.1) is 0 Å². The van der Waals surface area contributed by atoms with Crippen molar-refractivity contribution in [3.63, 3.8) is 0 Å². The average Bonchev–Trinajstić information content (AvgIpc) is 3.56. The number of ether oxygens (including phenoxy) is 1. The van der Waals surface area contributed by atoms with Crippen molar-refractivity contribution in [2.24, 2.45) is 5.92 Å². The summed E-state index contributed by atoms with van der Waals surface area (Å²) in [5.41, 5.74) is 0.284. The zero-order valence-electron chi connectivity index (χ0n) is 18.4. The van der Waals surface area contributed by atoms with Gasteiger partial charge in [-0.1, -0.05) is 26.0 Å². The van der Waals surface area contributed by atoms with Gasteiger partial charge in [0.2, 0.25) is 0 Å². The lowest BCUT2D eigenvalue weighted by Crippen LogP contribution is -2.22. The molecule has 0 spiro atoms. The molecule has 2 N–H and O–H groups in total. The standard InChI is InChI=1S/C24H26F2N2O4S/c1-3-28(4-2)9-5-6-14-10-16(25)7-8-20(14)33(31)27-19-12-18(26)21-17-11-15(17)13-32-23(21)22(19)24(29)30/h5-8,10,12,15,17,27H,3-4,9,11,13H2,1-2H3,(H,29,30)/b6-5-. The van der Waals surface area contributed by atoms with Crippen molar-refractivity contribution in [2.45, 2.75) is 31.1 Å². The first kappa shape index (κ1) is 23.5. The number of fused-ring (bicyclic) bond motifs is 3. The fourth-order valence-electron chi connectivity index (χ4n) is 4.19. The lowest BCUT2D eigenvalue weighted by atomic mass is 9.99. The van der Waals surface area contributed by atoms with Crippen LogP contribution >= 0.6 is 0 Å². The molecule has 0 amide bonds. The predicted octanol–water partition coefficient (Wildman–Crippen LogP) is 4.65. The van der Waals surface area contributed by atoms with Gasteiger partial charge in [0.15, 0.2) is 4.90 Å². The highest BCUT2D eigenvalue weighted by molar-refractivity contribution is 7.92. The molecule has 0 saturated heterocycles. The summed E-state index contributed by atoms with van der Waals surface area (Å²) in [4.78, 5) is 14.4. The lowest BCUT2D eigenvalue weighted by Gasteiger charge is -2.22. The molecule has 0 aromatic heterocycles. The molecule has 2 aromatic carbocycles. The summed E-state index contributed by atoms with van der Waals surface area (Å²) in [6.07, 6.45) is 4.29. The molecule has 3 unspecified atom stereocenters. The van der Waals surface area contributed by atoms with Crippen molar-refractivity contribution < 1.29 is 28.0 Å². The fraction of sp³-hybridized carbons (Fsp3) is 0.375. The minimum atomic E-state index is -1.97. The molecule has 33 heavy (non-hydrogen) atoms. The molecule has 0 bridgehead atoms. The van der Waals surface area contributed by atoms with Crippen molar-refractivity contribution in [1.82, 2.24) is 4.90 Å². The third-order valence-electron chi connectivity index (χ3n) is 6.15. The van der Waals surface area contributed by atoms with E-state index in [2.05, 4.69) is 9.62 Å². The van der Waals surface area contributed by atoms with Gasteiger partial charge in [-0.2, -0.15) is 0 Å². The third-order valence-corrected chi connectivity index (χ3v) is 7.32. The number of carbonyl (C=O) groups is 1. The number of halogens is 2. The highest BCUT2D eigenvalue weighted by atomic mass is 32.2. The van der Waals surface area contributed by atoms with Crippen LogP contribution in [0.5, 0.6) is 5.75 Å². The smallest absolute Gasteiger partial charge is 0.341 e. The van der Waals surface area contributed by atoms with E-state index in [1.165, 1.54) is 18.2 Å². The first-order valence-corrected chi connectivity index (χ1v) is 12.1. The Morgan fingerprint density at radius 3 is 2.79 bits per heavy atom. The van der Waals surface area contributed by atoms with Gasteiger partial charge in [0.25, 0.3) is 0 Å². The zero-order chi connectivity index (χ0) is 23.7. The summed E-state index contributed by atoms with van der Waals surface area (Å²) in [5, 5.41) is 9.79. The largest absolute Gasteiger partial charge is 0.588 e. The van der Waals surface area contributed by atoms with Gasteiger partial charge in [0.05, 0.1) is 6.61 Å². The molecule has 1 aliphatic heterocycles. The van der Waals surface area contributed by atoms with E-state index in [1.54, 1.807) is 6.08 Å². The number of carboxylic acids is 1. The van der Waals surface area contributed by atoms with Crippen LogP contribution in [0.15, 0.2) is 35.2 Å². The minimum absolute atomic E-state index is 0.000743. The Morgan fingerprint density at radius 2 is 2.09 bits per heavy atom. The molecule has 1 saturated carbocycles. The quantitative estimate of drug-likeness (QED) is 0.513. The maximum atomic E-state index is 14.9. The summed E-state index contributed by atoms with van der Waals surface area (Å²) in [7, 11) is 0. The first-order valence-electron chi connectivity index (χ1n) is 10.9. The Bertz CT molecular complexity index is 1090. The van der Waals surface area contributed by atoms with Crippen molar-refractivity contribution in [3.05, 3.63) is 58.7 Å². The van der Waals surface area contributed by atoms with Crippen molar-refractivity contribution in [1.29, 1.82) is 0 Å². The highest BCUT2D eigenvalue weighted by Crippen LogP contribution is 2.56. The number of rotatable bonds is 9. The van der Waals surface area contributed by atoms with Crippen LogP contribution in [0.1, 0.15) is 47.7 Å². The Hall–Kier alpha value is -2.62. The molecule has 2 aromatic rings. The zero-order valence-corrected chi connectivity index (χ0v) is 19.3. The molecule has 1 aliphatic carbocycles. The average molecular weight is 477 g/mol. The highest BCUT2D eigenvalue weighted by Gasteiger charge is 2.47. The van der Waals surface area contributed by atoms with E-state index in [0.29, 0.717) is 18.7 Å². The molecule has 0 radical (unpaired) electrons. The second-order valence-electron chi connectivity index (χ2n) is 8.18. The van der Waals surface area contributed by atoms with Gasteiger partial charge in [-0.05, 0) is 43.6 Å². The van der Waals surface area contributed by atoms with Gasteiger partial charge in [-0.3, -0.25) is 0 Å². The van der Waals surface area contributed by atoms with E-state index in [1.807, 2.05) is 19.9 Å². The number of benzene rings is 2. The van der Waals surface area contributed by atoms with Gasteiger partial charge in [0, 0.05) is 29.7 Å². The van der Waals surface area contributed by atoms with Gasteiger partial charge in [-0.25, -0.2) is 18.3 Å². The number of nitrogens with zero attached hydrogens (tertiary/aromatic N) is 1. The van der Waals surface area contributed by atoms with Crippen molar-refractivity contribution in [2.75, 3.05) is 31.0 Å². The number of anilines is 1. The maximum Gasteiger partial charge on any atom is 0.341 e. The van der Waals surface area contributed by atoms with E-state index < -0.39 is 29.0 Å². The topological polar surface area (TPSA) is 84.9 Å². The number of hydrogen-bond acceptors (Lipinski definition) is 5. The van der Waals surface area contributed by atoms with Crippen LogP contribution < -0.4 is 9.46 Å². The molecule has 1 heterocycles. The Morgan fingerprint density at radius 1 is 1.33 bits per heavy atom. The molecule has 176 valence electrons. The molecular weight excluding hydrogens is 450 g/mol. The second kappa shape index (κ2) is 9.70. The number of likely N-dealkylation sites (N-methyl/N-ethyl adjacent to an activating group) is 1. The summed E-state index contributed by atoms with van der Waals surface area (Å²) in [6.45, 7) is 6.76. The number of aromatic carboxylic acids is 1. The van der Waals surface area contributed by atoms with Crippen molar-refractivity contribution >= 4 is 29.1 Å². The molecule has 3 atom stereocenters. The van der Waals surface area contributed by atoms with Crippen LogP contribution in [0.4, 0.5) is 14.5 Å². The molecule has 6 nitrogen and oxygen atoms in total. The summed E-state index contributed by atoms with van der Waals surface area (Å²) in [6, 6.07) is 4.87. The monoisotopic (exact) mass is 476 g/mol. The SMILES string of the molecule is CCN(CC)C/C=C\c1cc(F)ccc1[S+]([O-])Nc1cc(F)c2c(c1C(=O)O)OCC1CC21. The Kier molecular flexibility index (Phi) is 6.92. The molecule has 4 rings (SSSR count). The Balaban J connectivity index is 1.64. The lowest BCUT2D eigenvalue weighted by molar-refractivity contribution is 0.0692. The first-order chi connectivity index (χ1) is 15.8. The molecular formula is C24H26F2N2O4S. The maximum absolute atomic E-state index is 14.9. The van der Waals surface area contributed by atoms with Crippen LogP contribution in [0.2, 0.25) is 0 Å². The number of nitrogens with one attached hydrogen (secondary N) is 1. The number of carboxylic acid groups (broad SMARTS) is 1. The van der Waals surface area contributed by atoms with E-state index in [4.69, 9.17) is 4.74 Å². The van der Waals surface area contributed by atoms with Crippen LogP contribution in [0.3, 0.4) is 0 Å². The van der Waals surface area contributed by atoms with E-state index in [9.17, 15) is 23.2 Å². The molecule has 1 fully saturated rings. The predicted molar refractivity (Wildman–Crippen MR) is 123 cm³/mol. The normalized spacial score (nSPS) is 19.7. The number of hydrogen-bond donors (Lipinski definition) is 2. The van der Waals surface area contributed by atoms with E-state index >= 15 is 0 Å². The minimum Gasteiger partial charge on any atom is -0.588 e. The fourth-order valence-corrected chi connectivity index (χ4v) is 5.19. The van der Waals surface area contributed by atoms with Crippen LogP contribution in [0, 0.1) is 17.6 Å². The molecule has 9 heteroatoms. The van der Waals surface area contributed by atoms with Gasteiger partial charge >= 0.3 is 5.97 Å². The van der Waals surface area contributed by atoms with Crippen LogP contribution in [-0.4, -0.2) is 46.8 Å². The van der Waals surface area contributed by atoms with E-state index in [-0.39, 0.29) is 39.3 Å². The second-order valence-corrected chi connectivity index (χ2v) is 9.36. The van der Waals surface area contributed by atoms with Gasteiger partial charge < -0.3 is 19.3 Å². The summed E-state index contributed by atoms with van der Waals surface area (Å²) >= 11 is -1.97. The summed E-state index contributed by atoms with van der Waals surface area (Å²) in [5.74, 6) is -2.20. The summed E-state index contributed by atoms with van der Waals surface area (Å²) < 4.78 is 50.1. The third kappa shape index (κ3) is 4.85. The van der Waals surface area contributed by atoms with Gasteiger partial charge in [0.1, 0.15) is 40.0 Å². The Labute approximate surface area is 194 Å². The molecule has 2 aliphatic rings. The van der Waals surface area contributed by atoms with Crippen molar-refractivity contribution in [3.8, 4) is 5.75 Å². The van der Waals surface area contributed by atoms with Crippen LogP contribution in [-0.2, 0) is 11.4 Å². The van der Waals surface area contributed by atoms with Crippen LogP contribution in [0.25, 0.3) is 6.08 Å². The van der Waals surface area contributed by atoms with E-state index in [0.717, 1.165) is 25.6 Å².